The molecule has 0 fully saturated rings. The number of anilines is 1. The van der Waals surface area contributed by atoms with Crippen LogP contribution in [0.5, 0.6) is 0 Å². The lowest BCUT2D eigenvalue weighted by atomic mass is 10.1. The Morgan fingerprint density at radius 1 is 1.20 bits per heavy atom. The number of carbonyl (C=O) groups excluding carboxylic acids is 2. The number of hydrogen-bond donors (Lipinski definition) is 4. The molecule has 5 N–H and O–H groups in total. The first kappa shape index (κ1) is 15.7. The Labute approximate surface area is 116 Å². The van der Waals surface area contributed by atoms with Gasteiger partial charge in [0.1, 0.15) is 5.82 Å². The van der Waals surface area contributed by atoms with Crippen LogP contribution in [-0.4, -0.2) is 31.6 Å². The minimum atomic E-state index is -0.657. The number of nitrogens with one attached hydrogen (secondary N) is 3. The van der Waals surface area contributed by atoms with E-state index in [0.717, 1.165) is 6.42 Å². The molecule has 3 amide bonds. The van der Waals surface area contributed by atoms with E-state index in [1.807, 2.05) is 6.92 Å². The van der Waals surface area contributed by atoms with Gasteiger partial charge in [0.15, 0.2) is 0 Å². The molecule has 1 rings (SSSR count). The molecule has 0 radical (unpaired) electrons. The smallest absolute Gasteiger partial charge is 0.312 e. The van der Waals surface area contributed by atoms with Crippen LogP contribution in [0.4, 0.5) is 14.9 Å². The van der Waals surface area contributed by atoms with Crippen LogP contribution in [0.15, 0.2) is 18.2 Å². The summed E-state index contributed by atoms with van der Waals surface area (Å²) in [7, 11) is 0. The average Bonchev–Trinajstić information content (AvgIpc) is 2.41. The number of rotatable bonds is 7. The van der Waals surface area contributed by atoms with Crippen LogP contribution in [0.2, 0.25) is 0 Å². The highest BCUT2D eigenvalue weighted by molar-refractivity contribution is 5.99. The molecule has 6 nitrogen and oxygen atoms in total. The molecule has 0 aromatic heterocycles. The zero-order chi connectivity index (χ0) is 15.0. The van der Waals surface area contributed by atoms with E-state index in [2.05, 4.69) is 16.0 Å². The second-order valence-corrected chi connectivity index (χ2v) is 4.14. The van der Waals surface area contributed by atoms with E-state index in [1.54, 1.807) is 0 Å². The van der Waals surface area contributed by atoms with Crippen LogP contribution in [0.3, 0.4) is 0 Å². The molecule has 1 aromatic rings. The second kappa shape index (κ2) is 7.98. The van der Waals surface area contributed by atoms with Crippen molar-refractivity contribution in [3.63, 3.8) is 0 Å². The molecule has 0 atom stereocenters. The summed E-state index contributed by atoms with van der Waals surface area (Å²) < 4.78 is 13.7. The van der Waals surface area contributed by atoms with Gasteiger partial charge in [0.2, 0.25) is 0 Å². The van der Waals surface area contributed by atoms with Crippen molar-refractivity contribution in [1.29, 1.82) is 0 Å². The summed E-state index contributed by atoms with van der Waals surface area (Å²) in [6, 6.07) is 3.65. The summed E-state index contributed by atoms with van der Waals surface area (Å²) in [5.41, 5.74) is 5.32. The lowest BCUT2D eigenvalue weighted by Crippen LogP contribution is -2.37. The Bertz CT molecular complexity index is 479. The molecule has 0 aliphatic rings. The quantitative estimate of drug-likeness (QED) is 0.563. The Morgan fingerprint density at radius 3 is 2.55 bits per heavy atom. The number of urea groups is 1. The fourth-order valence-electron chi connectivity index (χ4n) is 1.60. The maximum absolute atomic E-state index is 13.7. The molecule has 0 spiro atoms. The fraction of sp³-hybridized carbons (Fsp3) is 0.385. The van der Waals surface area contributed by atoms with Gasteiger partial charge in [-0.2, -0.15) is 0 Å². The van der Waals surface area contributed by atoms with Gasteiger partial charge in [0, 0.05) is 19.6 Å². The number of amides is 3. The van der Waals surface area contributed by atoms with Gasteiger partial charge >= 0.3 is 6.03 Å². The molecule has 20 heavy (non-hydrogen) atoms. The molecule has 0 heterocycles. The first-order valence-corrected chi connectivity index (χ1v) is 6.40. The number of para-hydroxylation sites is 1. The predicted molar refractivity (Wildman–Crippen MR) is 75.1 cm³/mol. The normalized spacial score (nSPS) is 9.90. The molecule has 7 heteroatoms. The molecule has 0 unspecified atom stereocenters. The minimum absolute atomic E-state index is 0.190. The monoisotopic (exact) mass is 282 g/mol. The van der Waals surface area contributed by atoms with Crippen molar-refractivity contribution in [3.05, 3.63) is 29.6 Å². The molecule has 1 aromatic carbocycles. The van der Waals surface area contributed by atoms with E-state index in [9.17, 15) is 14.0 Å². The number of benzene rings is 1. The third-order valence-corrected chi connectivity index (χ3v) is 2.52. The Morgan fingerprint density at radius 2 is 1.90 bits per heavy atom. The number of primary amides is 1. The summed E-state index contributed by atoms with van der Waals surface area (Å²) in [5.74, 6) is -0.879. The fourth-order valence-corrected chi connectivity index (χ4v) is 1.60. The maximum atomic E-state index is 13.7. The highest BCUT2D eigenvalue weighted by Gasteiger charge is 2.14. The number of nitrogens with two attached hydrogens (primary N) is 1. The van der Waals surface area contributed by atoms with Crippen molar-refractivity contribution in [1.82, 2.24) is 10.6 Å². The van der Waals surface area contributed by atoms with E-state index < -0.39 is 17.8 Å². The summed E-state index contributed by atoms with van der Waals surface area (Å²) in [6.45, 7) is 2.95. The zero-order valence-electron chi connectivity index (χ0n) is 11.3. The molecular formula is C13H19FN4O2. The van der Waals surface area contributed by atoms with Gasteiger partial charge in [-0.15, -0.1) is 0 Å². The molecule has 0 bridgehead atoms. The van der Waals surface area contributed by atoms with Crippen molar-refractivity contribution in [3.8, 4) is 0 Å². The summed E-state index contributed by atoms with van der Waals surface area (Å²) >= 11 is 0. The van der Waals surface area contributed by atoms with Crippen molar-refractivity contribution < 1.29 is 14.0 Å². The van der Waals surface area contributed by atoms with Crippen molar-refractivity contribution in [2.75, 3.05) is 25.0 Å². The topological polar surface area (TPSA) is 96.2 Å². The molecular weight excluding hydrogens is 263 g/mol. The van der Waals surface area contributed by atoms with Crippen LogP contribution >= 0.6 is 0 Å². The number of halogens is 1. The second-order valence-electron chi connectivity index (χ2n) is 4.14. The Kier molecular flexibility index (Phi) is 6.28. The highest BCUT2D eigenvalue weighted by Crippen LogP contribution is 2.19. The lowest BCUT2D eigenvalue weighted by Gasteiger charge is -2.12. The van der Waals surface area contributed by atoms with Gasteiger partial charge in [0.25, 0.3) is 5.91 Å². The van der Waals surface area contributed by atoms with Crippen LogP contribution in [-0.2, 0) is 0 Å². The van der Waals surface area contributed by atoms with Crippen LogP contribution in [0.25, 0.3) is 0 Å². The number of hydrogen-bond acceptors (Lipinski definition) is 3. The van der Waals surface area contributed by atoms with Crippen LogP contribution in [0.1, 0.15) is 23.7 Å². The van der Waals surface area contributed by atoms with E-state index in [-0.39, 0.29) is 24.3 Å². The number of carbonyl (C=O) groups is 2. The van der Waals surface area contributed by atoms with E-state index in [4.69, 9.17) is 5.73 Å². The van der Waals surface area contributed by atoms with Gasteiger partial charge < -0.3 is 21.7 Å². The third-order valence-electron chi connectivity index (χ3n) is 2.52. The molecule has 0 aliphatic heterocycles. The average molecular weight is 282 g/mol. The SMILES string of the molecule is CCCNc1c(F)cccc1C(=O)NCCNC(N)=O. The largest absolute Gasteiger partial charge is 0.382 e. The van der Waals surface area contributed by atoms with E-state index in [1.165, 1.54) is 18.2 Å². The van der Waals surface area contributed by atoms with Gasteiger partial charge in [-0.3, -0.25) is 4.79 Å². The molecule has 0 saturated heterocycles. The molecule has 0 saturated carbocycles. The molecule has 0 aliphatic carbocycles. The van der Waals surface area contributed by atoms with Crippen LogP contribution < -0.4 is 21.7 Å². The van der Waals surface area contributed by atoms with Crippen molar-refractivity contribution in [2.24, 2.45) is 5.73 Å². The Hall–Kier alpha value is -2.31. The van der Waals surface area contributed by atoms with Gasteiger partial charge in [-0.1, -0.05) is 13.0 Å². The maximum Gasteiger partial charge on any atom is 0.312 e. The predicted octanol–water partition coefficient (Wildman–Crippen LogP) is 1.05. The van der Waals surface area contributed by atoms with Gasteiger partial charge in [0.05, 0.1) is 11.3 Å². The third kappa shape index (κ3) is 4.75. The van der Waals surface area contributed by atoms with Crippen molar-refractivity contribution >= 4 is 17.6 Å². The lowest BCUT2D eigenvalue weighted by molar-refractivity contribution is 0.0954. The van der Waals surface area contributed by atoms with Gasteiger partial charge in [-0.25, -0.2) is 9.18 Å². The van der Waals surface area contributed by atoms with Gasteiger partial charge in [-0.05, 0) is 18.6 Å². The summed E-state index contributed by atoms with van der Waals surface area (Å²) in [4.78, 5) is 22.4. The standard InChI is InChI=1S/C13H19FN4O2/c1-2-6-16-11-9(4-3-5-10(11)14)12(19)17-7-8-18-13(15)20/h3-5,16H,2,6-8H2,1H3,(H,17,19)(H3,15,18,20). The summed E-state index contributed by atoms with van der Waals surface area (Å²) in [6.07, 6.45) is 0.817. The van der Waals surface area contributed by atoms with Crippen molar-refractivity contribution in [2.45, 2.75) is 13.3 Å². The first-order chi connectivity index (χ1) is 9.56. The zero-order valence-corrected chi connectivity index (χ0v) is 11.3. The highest BCUT2D eigenvalue weighted by atomic mass is 19.1. The Balaban J connectivity index is 2.66. The van der Waals surface area contributed by atoms with E-state index >= 15 is 0 Å². The molecule has 110 valence electrons. The first-order valence-electron chi connectivity index (χ1n) is 6.40. The van der Waals surface area contributed by atoms with Crippen LogP contribution in [0, 0.1) is 5.82 Å². The summed E-state index contributed by atoms with van der Waals surface area (Å²) in [5, 5.41) is 7.82. The van der Waals surface area contributed by atoms with E-state index in [0.29, 0.717) is 6.54 Å². The minimum Gasteiger partial charge on any atom is -0.382 e.